The molecule has 0 unspecified atom stereocenters. The zero-order chi connectivity index (χ0) is 17.0. The van der Waals surface area contributed by atoms with Crippen molar-refractivity contribution in [2.75, 3.05) is 7.05 Å². The first-order valence-electron chi connectivity index (χ1n) is 6.78. The molecule has 0 fully saturated rings. The van der Waals surface area contributed by atoms with Crippen LogP contribution in [0.25, 0.3) is 0 Å². The highest BCUT2D eigenvalue weighted by molar-refractivity contribution is 7.91. The molecule has 0 amide bonds. The number of aliphatic imine (C=N–C) groups is 1. The first-order chi connectivity index (χ1) is 10.8. The Morgan fingerprint density at radius 2 is 1.96 bits per heavy atom. The van der Waals surface area contributed by atoms with E-state index in [9.17, 15) is 8.42 Å². The van der Waals surface area contributed by atoms with Crippen LogP contribution in [-0.2, 0) is 23.1 Å². The minimum absolute atomic E-state index is 0.160. The smallest absolute Gasteiger partial charge is 0.247 e. The average molecular weight is 374 g/mol. The molecule has 0 radical (unpaired) electrons. The molecular weight excluding hydrogens is 354 g/mol. The van der Waals surface area contributed by atoms with E-state index in [1.165, 1.54) is 6.07 Å². The summed E-state index contributed by atoms with van der Waals surface area (Å²) in [5.41, 5.74) is 1.02. The Bertz CT molecular complexity index is 807. The van der Waals surface area contributed by atoms with E-state index in [2.05, 4.69) is 20.6 Å². The van der Waals surface area contributed by atoms with Crippen molar-refractivity contribution in [2.24, 2.45) is 10.1 Å². The van der Waals surface area contributed by atoms with Gasteiger partial charge in [-0.3, -0.25) is 4.99 Å². The predicted octanol–water partition coefficient (Wildman–Crippen LogP) is 1.33. The minimum Gasteiger partial charge on any atom is -0.352 e. The van der Waals surface area contributed by atoms with E-state index in [-0.39, 0.29) is 4.21 Å². The summed E-state index contributed by atoms with van der Waals surface area (Å²) >= 11 is 2.80. The third-order valence-electron chi connectivity index (χ3n) is 2.99. The Morgan fingerprint density at radius 3 is 2.48 bits per heavy atom. The second-order valence-electron chi connectivity index (χ2n) is 4.79. The second-order valence-corrected chi connectivity index (χ2v) is 9.03. The zero-order valence-corrected chi connectivity index (χ0v) is 15.5. The molecule has 4 N–H and O–H groups in total. The molecule has 0 aliphatic rings. The van der Waals surface area contributed by atoms with Crippen molar-refractivity contribution in [1.29, 1.82) is 0 Å². The van der Waals surface area contributed by atoms with Gasteiger partial charge in [-0.2, -0.15) is 0 Å². The highest BCUT2D eigenvalue weighted by Crippen LogP contribution is 2.20. The van der Waals surface area contributed by atoms with Crippen molar-refractivity contribution in [1.82, 2.24) is 15.6 Å². The Kier molecular flexibility index (Phi) is 5.74. The van der Waals surface area contributed by atoms with Gasteiger partial charge < -0.3 is 10.6 Å². The Balaban J connectivity index is 1.90. The lowest BCUT2D eigenvalue weighted by molar-refractivity contribution is 0.600. The van der Waals surface area contributed by atoms with Crippen LogP contribution in [-0.4, -0.2) is 26.4 Å². The van der Waals surface area contributed by atoms with Crippen molar-refractivity contribution < 1.29 is 8.42 Å². The van der Waals surface area contributed by atoms with Crippen LogP contribution >= 0.6 is 22.7 Å². The fourth-order valence-corrected chi connectivity index (χ4v) is 4.49. The van der Waals surface area contributed by atoms with Gasteiger partial charge in [-0.15, -0.1) is 22.7 Å². The number of primary sulfonamides is 1. The molecule has 2 aromatic rings. The van der Waals surface area contributed by atoms with E-state index in [0.717, 1.165) is 31.8 Å². The molecule has 0 aromatic carbocycles. The molecular formula is C13H19N5O2S3. The first kappa shape index (κ1) is 17.9. The number of nitrogens with zero attached hydrogens (tertiary/aromatic N) is 2. The summed E-state index contributed by atoms with van der Waals surface area (Å²) in [6, 6.07) is 3.25. The predicted molar refractivity (Wildman–Crippen MR) is 94.3 cm³/mol. The van der Waals surface area contributed by atoms with E-state index in [0.29, 0.717) is 19.0 Å². The third kappa shape index (κ3) is 4.99. The molecule has 7 nitrogen and oxygen atoms in total. The van der Waals surface area contributed by atoms with Gasteiger partial charge in [0, 0.05) is 16.8 Å². The van der Waals surface area contributed by atoms with E-state index in [1.807, 2.05) is 13.8 Å². The number of nitrogens with one attached hydrogen (secondary N) is 2. The maximum Gasteiger partial charge on any atom is 0.247 e. The van der Waals surface area contributed by atoms with Crippen LogP contribution in [0.4, 0.5) is 0 Å². The van der Waals surface area contributed by atoms with Crippen LogP contribution in [0.5, 0.6) is 0 Å². The molecule has 0 saturated heterocycles. The third-order valence-corrected chi connectivity index (χ3v) is 6.58. The van der Waals surface area contributed by atoms with Gasteiger partial charge in [-0.05, 0) is 26.0 Å². The van der Waals surface area contributed by atoms with Crippen molar-refractivity contribution in [3.63, 3.8) is 0 Å². The molecule has 2 aromatic heterocycles. The van der Waals surface area contributed by atoms with Gasteiger partial charge in [-0.1, -0.05) is 0 Å². The molecule has 0 bridgehead atoms. The molecule has 0 atom stereocenters. The van der Waals surface area contributed by atoms with E-state index in [1.54, 1.807) is 24.5 Å². The summed E-state index contributed by atoms with van der Waals surface area (Å²) in [5, 5.41) is 12.5. The molecule has 0 aliphatic heterocycles. The number of guanidine groups is 1. The second kappa shape index (κ2) is 7.39. The van der Waals surface area contributed by atoms with Crippen molar-refractivity contribution in [3.05, 3.63) is 32.6 Å². The largest absolute Gasteiger partial charge is 0.352 e. The van der Waals surface area contributed by atoms with Gasteiger partial charge in [0.2, 0.25) is 10.0 Å². The first-order valence-corrected chi connectivity index (χ1v) is 9.96. The van der Waals surface area contributed by atoms with Crippen molar-refractivity contribution >= 4 is 38.7 Å². The van der Waals surface area contributed by atoms with Crippen LogP contribution in [0.2, 0.25) is 0 Å². The summed E-state index contributed by atoms with van der Waals surface area (Å²) in [4.78, 5) is 10.6. The fourth-order valence-electron chi connectivity index (χ4n) is 1.90. The van der Waals surface area contributed by atoms with Gasteiger partial charge in [0.15, 0.2) is 5.96 Å². The Hall–Kier alpha value is -1.49. The number of aromatic nitrogens is 1. The van der Waals surface area contributed by atoms with Gasteiger partial charge in [-0.25, -0.2) is 18.5 Å². The standard InChI is InChI=1S/C13H19N5O2S3/c1-8-11(21-9(2)18-8)7-17-13(15-3)16-6-10-4-5-12(22-10)23(14,19)20/h4-5H,6-7H2,1-3H3,(H2,14,19,20)(H2,15,16,17). The van der Waals surface area contributed by atoms with E-state index < -0.39 is 10.0 Å². The van der Waals surface area contributed by atoms with Crippen LogP contribution in [0, 0.1) is 13.8 Å². The number of aryl methyl sites for hydroxylation is 2. The lowest BCUT2D eigenvalue weighted by atomic mass is 10.4. The molecule has 126 valence electrons. The average Bonchev–Trinajstić information content (AvgIpc) is 3.05. The van der Waals surface area contributed by atoms with Crippen molar-refractivity contribution in [2.45, 2.75) is 31.1 Å². The number of hydrogen-bond donors (Lipinski definition) is 3. The van der Waals surface area contributed by atoms with E-state index in [4.69, 9.17) is 5.14 Å². The fraction of sp³-hybridized carbons (Fsp3) is 0.385. The number of sulfonamides is 1. The maximum atomic E-state index is 11.3. The number of nitrogens with two attached hydrogens (primary N) is 1. The molecule has 0 saturated carbocycles. The lowest BCUT2D eigenvalue weighted by Crippen LogP contribution is -2.36. The molecule has 2 heterocycles. The molecule has 2 rings (SSSR count). The number of thiophene rings is 1. The van der Waals surface area contributed by atoms with E-state index >= 15 is 0 Å². The Morgan fingerprint density at radius 1 is 1.26 bits per heavy atom. The lowest BCUT2D eigenvalue weighted by Gasteiger charge is -2.10. The summed E-state index contributed by atoms with van der Waals surface area (Å²) in [7, 11) is -1.95. The van der Waals surface area contributed by atoms with Crippen molar-refractivity contribution in [3.8, 4) is 0 Å². The molecule has 0 aliphatic carbocycles. The van der Waals surface area contributed by atoms with Crippen LogP contribution in [0.1, 0.15) is 20.5 Å². The monoisotopic (exact) mass is 373 g/mol. The van der Waals surface area contributed by atoms with Gasteiger partial charge in [0.05, 0.1) is 23.8 Å². The maximum absolute atomic E-state index is 11.3. The molecule has 0 spiro atoms. The van der Waals surface area contributed by atoms with Gasteiger partial charge in [0.25, 0.3) is 0 Å². The SMILES string of the molecule is CN=C(NCc1ccc(S(N)(=O)=O)s1)NCc1sc(C)nc1C. The van der Waals surface area contributed by atoms with Crippen LogP contribution in [0.15, 0.2) is 21.3 Å². The Labute approximate surface area is 143 Å². The van der Waals surface area contributed by atoms with Crippen LogP contribution < -0.4 is 15.8 Å². The van der Waals surface area contributed by atoms with Crippen LogP contribution in [0.3, 0.4) is 0 Å². The molecule has 23 heavy (non-hydrogen) atoms. The summed E-state index contributed by atoms with van der Waals surface area (Å²) in [5.74, 6) is 0.640. The number of hydrogen-bond acceptors (Lipinski definition) is 6. The quantitative estimate of drug-likeness (QED) is 0.541. The minimum atomic E-state index is -3.64. The summed E-state index contributed by atoms with van der Waals surface area (Å²) in [6.07, 6.45) is 0. The molecule has 10 heteroatoms. The summed E-state index contributed by atoms with van der Waals surface area (Å²) in [6.45, 7) is 5.08. The van der Waals surface area contributed by atoms with Gasteiger partial charge in [0.1, 0.15) is 4.21 Å². The highest BCUT2D eigenvalue weighted by Gasteiger charge is 2.11. The number of rotatable bonds is 5. The highest BCUT2D eigenvalue weighted by atomic mass is 32.2. The van der Waals surface area contributed by atoms with Gasteiger partial charge >= 0.3 is 0 Å². The zero-order valence-electron chi connectivity index (χ0n) is 13.1. The summed E-state index contributed by atoms with van der Waals surface area (Å²) < 4.78 is 22.7. The topological polar surface area (TPSA) is 109 Å². The normalized spacial score (nSPS) is 12.4. The number of thiazole rings is 1.